The predicted molar refractivity (Wildman–Crippen MR) is 94.4 cm³/mol. The second-order valence-corrected chi connectivity index (χ2v) is 6.51. The molecular formula is C19H38O4Zn. The van der Waals surface area contributed by atoms with Crippen LogP contribution in [0.5, 0.6) is 0 Å². The molecular weight excluding hydrogens is 358 g/mol. The number of carbonyl (C=O) groups is 1. The van der Waals surface area contributed by atoms with Gasteiger partial charge in [0.2, 0.25) is 0 Å². The van der Waals surface area contributed by atoms with E-state index in [9.17, 15) is 4.79 Å². The topological polar surface area (TPSA) is 66.8 Å². The summed E-state index contributed by atoms with van der Waals surface area (Å²) in [4.78, 5) is 11.3. The summed E-state index contributed by atoms with van der Waals surface area (Å²) in [6, 6.07) is 0. The minimum atomic E-state index is -0.953. The summed E-state index contributed by atoms with van der Waals surface area (Å²) in [6.07, 6.45) is 16.1. The summed E-state index contributed by atoms with van der Waals surface area (Å²) >= 11 is 0. The summed E-state index contributed by atoms with van der Waals surface area (Å²) < 4.78 is 4.85. The molecule has 0 spiro atoms. The fraction of sp³-hybridized carbons (Fsp3) is 0.947. The zero-order chi connectivity index (χ0) is 17.2. The fourth-order valence-corrected chi connectivity index (χ4v) is 2.60. The van der Waals surface area contributed by atoms with E-state index in [1.165, 1.54) is 70.6 Å². The third-order valence-electron chi connectivity index (χ3n) is 4.13. The first kappa shape index (κ1) is 26.2. The van der Waals surface area contributed by atoms with Crippen LogP contribution in [0.4, 0.5) is 0 Å². The van der Waals surface area contributed by atoms with Gasteiger partial charge >= 0.3 is 5.97 Å². The largest absolute Gasteiger partial charge is 0.463 e. The van der Waals surface area contributed by atoms with Gasteiger partial charge in [-0.3, -0.25) is 4.79 Å². The van der Waals surface area contributed by atoms with Crippen LogP contribution in [0.2, 0.25) is 0 Å². The molecule has 0 aliphatic heterocycles. The number of ether oxygens (including phenoxy) is 1. The summed E-state index contributed by atoms with van der Waals surface area (Å²) in [6.45, 7) is 1.78. The standard InChI is InChI=1S/C19H38O4.Zn/c1-2-3-4-5-6-7-8-9-10-11-12-13-14-15-19(22)23-17-18(21)16-20;/h18,20-21H,2-17H2,1H3;. The second kappa shape index (κ2) is 21.1. The molecule has 24 heavy (non-hydrogen) atoms. The predicted octanol–water partition coefficient (Wildman–Crippen LogP) is 4.36. The van der Waals surface area contributed by atoms with Crippen LogP contribution in [-0.2, 0) is 29.0 Å². The second-order valence-electron chi connectivity index (χ2n) is 6.51. The number of carbonyl (C=O) groups excluding carboxylic acids is 1. The van der Waals surface area contributed by atoms with E-state index in [4.69, 9.17) is 14.9 Å². The number of rotatable bonds is 17. The SMILES string of the molecule is CCCCCCCCCCCCCCCC(=O)OCC(O)CO.[Zn]. The van der Waals surface area contributed by atoms with Gasteiger partial charge in [-0.1, -0.05) is 84.0 Å². The number of hydrogen-bond donors (Lipinski definition) is 2. The Labute approximate surface area is 161 Å². The van der Waals surface area contributed by atoms with Gasteiger partial charge in [-0.05, 0) is 6.42 Å². The Morgan fingerprint density at radius 2 is 1.25 bits per heavy atom. The Morgan fingerprint density at radius 1 is 0.833 bits per heavy atom. The zero-order valence-corrected chi connectivity index (χ0v) is 18.8. The monoisotopic (exact) mass is 394 g/mol. The molecule has 0 fully saturated rings. The molecule has 0 aromatic carbocycles. The molecule has 0 rings (SSSR count). The first-order valence-corrected chi connectivity index (χ1v) is 9.65. The van der Waals surface area contributed by atoms with Crippen LogP contribution < -0.4 is 0 Å². The van der Waals surface area contributed by atoms with Gasteiger partial charge in [-0.2, -0.15) is 0 Å². The molecule has 0 saturated heterocycles. The quantitative estimate of drug-likeness (QED) is 0.218. The maximum atomic E-state index is 11.3. The van der Waals surface area contributed by atoms with E-state index in [-0.39, 0.29) is 38.7 Å². The molecule has 0 heterocycles. The van der Waals surface area contributed by atoms with Crippen LogP contribution in [0.3, 0.4) is 0 Å². The third-order valence-corrected chi connectivity index (χ3v) is 4.13. The maximum Gasteiger partial charge on any atom is 0.305 e. The van der Waals surface area contributed by atoms with Crippen molar-refractivity contribution >= 4 is 5.97 Å². The zero-order valence-electron chi connectivity index (χ0n) is 15.8. The molecule has 0 aromatic heterocycles. The van der Waals surface area contributed by atoms with Gasteiger partial charge in [0.1, 0.15) is 12.7 Å². The summed E-state index contributed by atoms with van der Waals surface area (Å²) in [5.74, 6) is -0.277. The van der Waals surface area contributed by atoms with Crippen LogP contribution in [-0.4, -0.2) is 35.5 Å². The van der Waals surface area contributed by atoms with Crippen molar-refractivity contribution in [3.63, 3.8) is 0 Å². The molecule has 0 radical (unpaired) electrons. The van der Waals surface area contributed by atoms with Gasteiger partial charge in [0.15, 0.2) is 0 Å². The van der Waals surface area contributed by atoms with Crippen LogP contribution in [0, 0.1) is 0 Å². The van der Waals surface area contributed by atoms with Gasteiger partial charge in [0.05, 0.1) is 6.61 Å². The van der Waals surface area contributed by atoms with E-state index in [1.54, 1.807) is 0 Å². The van der Waals surface area contributed by atoms with Crippen molar-refractivity contribution in [3.8, 4) is 0 Å². The van der Waals surface area contributed by atoms with Crippen LogP contribution in [0.15, 0.2) is 0 Å². The van der Waals surface area contributed by atoms with Gasteiger partial charge in [0, 0.05) is 25.9 Å². The summed E-state index contributed by atoms with van der Waals surface area (Å²) in [5.41, 5.74) is 0. The first-order valence-electron chi connectivity index (χ1n) is 9.65. The fourth-order valence-electron chi connectivity index (χ4n) is 2.60. The molecule has 0 saturated carbocycles. The average molecular weight is 396 g/mol. The van der Waals surface area contributed by atoms with Gasteiger partial charge < -0.3 is 14.9 Å². The molecule has 1 atom stereocenters. The normalized spacial score (nSPS) is 11.8. The van der Waals surface area contributed by atoms with Crippen LogP contribution >= 0.6 is 0 Å². The molecule has 0 bridgehead atoms. The summed E-state index contributed by atoms with van der Waals surface area (Å²) in [7, 11) is 0. The number of unbranched alkanes of at least 4 members (excludes halogenated alkanes) is 12. The van der Waals surface area contributed by atoms with E-state index in [2.05, 4.69) is 6.92 Å². The smallest absolute Gasteiger partial charge is 0.305 e. The van der Waals surface area contributed by atoms with E-state index >= 15 is 0 Å². The Morgan fingerprint density at radius 3 is 1.67 bits per heavy atom. The van der Waals surface area contributed by atoms with Gasteiger partial charge in [0.25, 0.3) is 0 Å². The van der Waals surface area contributed by atoms with Crippen molar-refractivity contribution in [2.75, 3.05) is 13.2 Å². The molecule has 0 aliphatic carbocycles. The third kappa shape index (κ3) is 20.1. The van der Waals surface area contributed by atoms with Gasteiger partial charge in [-0.25, -0.2) is 0 Å². The van der Waals surface area contributed by atoms with Crippen molar-refractivity contribution in [2.45, 2.75) is 103 Å². The van der Waals surface area contributed by atoms with Crippen molar-refractivity contribution < 1.29 is 39.2 Å². The molecule has 0 amide bonds. The minimum absolute atomic E-state index is 0. The van der Waals surface area contributed by atoms with E-state index in [0.717, 1.165) is 12.8 Å². The molecule has 1 unspecified atom stereocenters. The molecule has 0 aromatic rings. The van der Waals surface area contributed by atoms with E-state index < -0.39 is 6.10 Å². The molecule has 2 N–H and O–H groups in total. The van der Waals surface area contributed by atoms with E-state index in [0.29, 0.717) is 6.42 Å². The Hall–Kier alpha value is 0.0134. The van der Waals surface area contributed by atoms with Crippen LogP contribution in [0.25, 0.3) is 0 Å². The number of esters is 1. The van der Waals surface area contributed by atoms with Crippen molar-refractivity contribution in [3.05, 3.63) is 0 Å². The average Bonchev–Trinajstić information content (AvgIpc) is 2.56. The minimum Gasteiger partial charge on any atom is -0.463 e. The van der Waals surface area contributed by atoms with Crippen molar-refractivity contribution in [2.24, 2.45) is 0 Å². The van der Waals surface area contributed by atoms with Gasteiger partial charge in [-0.15, -0.1) is 0 Å². The molecule has 5 heteroatoms. The first-order chi connectivity index (χ1) is 11.2. The molecule has 4 nitrogen and oxygen atoms in total. The number of aliphatic hydroxyl groups excluding tert-OH is 2. The summed E-state index contributed by atoms with van der Waals surface area (Å²) in [5, 5.41) is 17.7. The molecule has 140 valence electrons. The maximum absolute atomic E-state index is 11.3. The van der Waals surface area contributed by atoms with E-state index in [1.807, 2.05) is 0 Å². The van der Waals surface area contributed by atoms with Crippen molar-refractivity contribution in [1.29, 1.82) is 0 Å². The Kier molecular flexibility index (Phi) is 23.0. The number of hydrogen-bond acceptors (Lipinski definition) is 4. The van der Waals surface area contributed by atoms with Crippen LogP contribution in [0.1, 0.15) is 96.8 Å². The van der Waals surface area contributed by atoms with Crippen molar-refractivity contribution in [1.82, 2.24) is 0 Å². The Balaban J connectivity index is 0. The molecule has 0 aliphatic rings. The number of aliphatic hydroxyl groups is 2. The Bertz CT molecular complexity index is 262.